The molecule has 0 heterocycles. The van der Waals surface area contributed by atoms with Crippen molar-refractivity contribution in [3.05, 3.63) is 35.6 Å². The van der Waals surface area contributed by atoms with E-state index in [1.54, 1.807) is 12.1 Å². The molecule has 96 valence electrons. The molecule has 1 aromatic carbocycles. The van der Waals surface area contributed by atoms with Gasteiger partial charge in [-0.1, -0.05) is 28.1 Å². The fraction of sp³-hybridized carbons (Fsp3) is 0.625. The smallest absolute Gasteiger partial charge is 0.123 e. The van der Waals surface area contributed by atoms with Gasteiger partial charge in [-0.25, -0.2) is 4.39 Å². The molecule has 3 aliphatic carbocycles. The number of hydrogen-bond donors (Lipinski definition) is 0. The standard InChI is InChI=1S/C16H18BrF/c17-13(7-9-1-5-12(18)6-2-9)16-14-10-3-4-11(8-10)15(14)16/h1-2,5-6,10-11,13-16H,3-4,7-8H2. The van der Waals surface area contributed by atoms with Crippen LogP contribution in [0.25, 0.3) is 0 Å². The maximum atomic E-state index is 12.9. The van der Waals surface area contributed by atoms with Gasteiger partial charge in [0.1, 0.15) is 5.82 Å². The number of fused-ring (bicyclic) bond motifs is 5. The summed E-state index contributed by atoms with van der Waals surface area (Å²) in [5, 5.41) is 0. The summed E-state index contributed by atoms with van der Waals surface area (Å²) >= 11 is 3.90. The first-order valence-electron chi connectivity index (χ1n) is 7.12. The molecule has 18 heavy (non-hydrogen) atoms. The van der Waals surface area contributed by atoms with Crippen LogP contribution in [0, 0.1) is 35.4 Å². The van der Waals surface area contributed by atoms with Crippen molar-refractivity contribution in [2.45, 2.75) is 30.5 Å². The highest BCUT2D eigenvalue weighted by Crippen LogP contribution is 2.71. The molecular formula is C16H18BrF. The molecule has 0 nitrogen and oxygen atoms in total. The summed E-state index contributed by atoms with van der Waals surface area (Å²) in [6.07, 6.45) is 5.54. The Morgan fingerprint density at radius 2 is 1.72 bits per heavy atom. The molecule has 3 aliphatic rings. The van der Waals surface area contributed by atoms with Crippen molar-refractivity contribution in [1.29, 1.82) is 0 Å². The molecule has 5 unspecified atom stereocenters. The summed E-state index contributed by atoms with van der Waals surface area (Å²) < 4.78 is 12.9. The van der Waals surface area contributed by atoms with Gasteiger partial charge in [-0.15, -0.1) is 0 Å². The third-order valence-corrected chi connectivity index (χ3v) is 6.49. The number of benzene rings is 1. The topological polar surface area (TPSA) is 0 Å². The van der Waals surface area contributed by atoms with E-state index >= 15 is 0 Å². The molecule has 2 bridgehead atoms. The van der Waals surface area contributed by atoms with Gasteiger partial charge in [0.25, 0.3) is 0 Å². The second kappa shape index (κ2) is 4.06. The molecule has 1 aromatic rings. The zero-order chi connectivity index (χ0) is 12.3. The van der Waals surface area contributed by atoms with Gasteiger partial charge in [0.15, 0.2) is 0 Å². The van der Waals surface area contributed by atoms with Crippen molar-refractivity contribution in [2.24, 2.45) is 29.6 Å². The number of hydrogen-bond acceptors (Lipinski definition) is 0. The number of alkyl halides is 1. The molecular weight excluding hydrogens is 291 g/mol. The second-order valence-corrected chi connectivity index (χ2v) is 7.59. The van der Waals surface area contributed by atoms with E-state index in [0.29, 0.717) is 4.83 Å². The van der Waals surface area contributed by atoms with Crippen LogP contribution in [0.1, 0.15) is 24.8 Å². The molecule has 3 saturated carbocycles. The van der Waals surface area contributed by atoms with Crippen LogP contribution in [0.5, 0.6) is 0 Å². The zero-order valence-electron chi connectivity index (χ0n) is 10.4. The van der Waals surface area contributed by atoms with Crippen LogP contribution in [0.15, 0.2) is 24.3 Å². The number of rotatable bonds is 3. The molecule has 5 atom stereocenters. The molecule has 0 saturated heterocycles. The Kier molecular flexibility index (Phi) is 2.58. The summed E-state index contributed by atoms with van der Waals surface area (Å²) in [5.41, 5.74) is 1.26. The van der Waals surface area contributed by atoms with E-state index in [4.69, 9.17) is 0 Å². The molecule has 0 radical (unpaired) electrons. The Labute approximate surface area is 116 Å². The predicted molar refractivity (Wildman–Crippen MR) is 74.1 cm³/mol. The van der Waals surface area contributed by atoms with Crippen LogP contribution in [0.4, 0.5) is 4.39 Å². The minimum atomic E-state index is -0.133. The van der Waals surface area contributed by atoms with E-state index in [2.05, 4.69) is 15.9 Å². The largest absolute Gasteiger partial charge is 0.207 e. The molecule has 0 spiro atoms. The van der Waals surface area contributed by atoms with Gasteiger partial charge in [-0.2, -0.15) is 0 Å². The van der Waals surface area contributed by atoms with Gasteiger partial charge in [-0.05, 0) is 73.0 Å². The third-order valence-electron chi connectivity index (χ3n) is 5.56. The Balaban J connectivity index is 1.43. The first-order valence-corrected chi connectivity index (χ1v) is 8.04. The summed E-state index contributed by atoms with van der Waals surface area (Å²) in [5.74, 6) is 4.89. The fourth-order valence-corrected chi connectivity index (χ4v) is 5.94. The fourth-order valence-electron chi connectivity index (χ4n) is 4.86. The van der Waals surface area contributed by atoms with Gasteiger partial charge in [-0.3, -0.25) is 0 Å². The molecule has 3 fully saturated rings. The van der Waals surface area contributed by atoms with Crippen LogP contribution in [0.3, 0.4) is 0 Å². The lowest BCUT2D eigenvalue weighted by Gasteiger charge is -2.14. The average Bonchev–Trinajstić information content (AvgIpc) is 2.82. The summed E-state index contributed by atoms with van der Waals surface area (Å²) in [4.78, 5) is 0.598. The van der Waals surface area contributed by atoms with Gasteiger partial charge in [0.05, 0.1) is 0 Å². The van der Waals surface area contributed by atoms with E-state index in [9.17, 15) is 4.39 Å². The van der Waals surface area contributed by atoms with Crippen molar-refractivity contribution in [2.75, 3.05) is 0 Å². The minimum absolute atomic E-state index is 0.133. The van der Waals surface area contributed by atoms with Crippen LogP contribution in [-0.2, 0) is 6.42 Å². The maximum absolute atomic E-state index is 12.9. The van der Waals surface area contributed by atoms with E-state index in [1.807, 2.05) is 12.1 Å². The number of halogens is 2. The van der Waals surface area contributed by atoms with Gasteiger partial charge < -0.3 is 0 Å². The van der Waals surface area contributed by atoms with Crippen LogP contribution in [0.2, 0.25) is 0 Å². The summed E-state index contributed by atoms with van der Waals surface area (Å²) in [7, 11) is 0. The first kappa shape index (κ1) is 11.5. The lowest BCUT2D eigenvalue weighted by atomic mass is 9.97. The Morgan fingerprint density at radius 1 is 1.11 bits per heavy atom. The first-order chi connectivity index (χ1) is 8.74. The normalized spacial score (nSPS) is 41.8. The van der Waals surface area contributed by atoms with Crippen LogP contribution in [-0.4, -0.2) is 4.83 Å². The van der Waals surface area contributed by atoms with Gasteiger partial charge in [0, 0.05) is 4.83 Å². The highest BCUT2D eigenvalue weighted by Gasteiger charge is 2.66. The quantitative estimate of drug-likeness (QED) is 0.725. The van der Waals surface area contributed by atoms with Crippen LogP contribution >= 0.6 is 15.9 Å². The molecule has 0 amide bonds. The molecule has 4 rings (SSSR count). The van der Waals surface area contributed by atoms with E-state index in [1.165, 1.54) is 24.8 Å². The highest BCUT2D eigenvalue weighted by atomic mass is 79.9. The second-order valence-electron chi connectivity index (χ2n) is 6.41. The van der Waals surface area contributed by atoms with Gasteiger partial charge in [0.2, 0.25) is 0 Å². The van der Waals surface area contributed by atoms with Gasteiger partial charge >= 0.3 is 0 Å². The van der Waals surface area contributed by atoms with Crippen molar-refractivity contribution in [3.8, 4) is 0 Å². The average molecular weight is 309 g/mol. The van der Waals surface area contributed by atoms with Crippen LogP contribution < -0.4 is 0 Å². The maximum Gasteiger partial charge on any atom is 0.123 e. The van der Waals surface area contributed by atoms with Crippen molar-refractivity contribution < 1.29 is 4.39 Å². The molecule has 0 N–H and O–H groups in total. The highest BCUT2D eigenvalue weighted by molar-refractivity contribution is 9.09. The third kappa shape index (κ3) is 1.68. The Morgan fingerprint density at radius 3 is 2.33 bits per heavy atom. The Hall–Kier alpha value is -0.370. The molecule has 2 heteroatoms. The van der Waals surface area contributed by atoms with E-state index in [0.717, 1.165) is 36.0 Å². The van der Waals surface area contributed by atoms with Crippen molar-refractivity contribution in [3.63, 3.8) is 0 Å². The van der Waals surface area contributed by atoms with Crippen molar-refractivity contribution >= 4 is 15.9 Å². The lowest BCUT2D eigenvalue weighted by molar-refractivity contribution is 0.455. The minimum Gasteiger partial charge on any atom is -0.207 e. The van der Waals surface area contributed by atoms with E-state index < -0.39 is 0 Å². The summed E-state index contributed by atoms with van der Waals surface area (Å²) in [6.45, 7) is 0. The predicted octanol–water partition coefficient (Wildman–Crippen LogP) is 4.42. The SMILES string of the molecule is Fc1ccc(CC(Br)C2C3C4CCC(C4)C23)cc1. The zero-order valence-corrected chi connectivity index (χ0v) is 11.9. The van der Waals surface area contributed by atoms with Crippen molar-refractivity contribution in [1.82, 2.24) is 0 Å². The van der Waals surface area contributed by atoms with E-state index in [-0.39, 0.29) is 5.82 Å². The summed E-state index contributed by atoms with van der Waals surface area (Å²) in [6, 6.07) is 7.01. The molecule has 0 aromatic heterocycles. The monoisotopic (exact) mass is 308 g/mol. The Bertz CT molecular complexity index is 439. The molecule has 0 aliphatic heterocycles. The lowest BCUT2D eigenvalue weighted by Crippen LogP contribution is -2.12.